The van der Waals surface area contributed by atoms with Gasteiger partial charge in [0.15, 0.2) is 5.69 Å². The zero-order valence-electron chi connectivity index (χ0n) is 21.3. The van der Waals surface area contributed by atoms with Crippen LogP contribution in [0.15, 0.2) is 53.3 Å². The zero-order valence-corrected chi connectivity index (χ0v) is 21.3. The van der Waals surface area contributed by atoms with Gasteiger partial charge in [-0.05, 0) is 45.9 Å². The average Bonchev–Trinajstić information content (AvgIpc) is 3.43. The van der Waals surface area contributed by atoms with Crippen molar-refractivity contribution in [1.82, 2.24) is 19.7 Å². The number of benzene rings is 1. The molecule has 0 spiro atoms. The lowest BCUT2D eigenvalue weighted by Crippen LogP contribution is -2.07. The fraction of sp³-hybridized carbons (Fsp3) is 0.214. The number of ether oxygens (including phenoxy) is 2. The highest BCUT2D eigenvalue weighted by Gasteiger charge is 2.25. The minimum atomic E-state index is -1.21. The number of rotatable bonds is 8. The Kier molecular flexibility index (Phi) is 6.54. The Hall–Kier alpha value is -4.73. The van der Waals surface area contributed by atoms with Crippen LogP contribution in [0.3, 0.4) is 0 Å². The van der Waals surface area contributed by atoms with Crippen molar-refractivity contribution in [1.29, 1.82) is 0 Å². The number of carboxylic acids is 1. The summed E-state index contributed by atoms with van der Waals surface area (Å²) in [5, 5.41) is 14.3. The quantitative estimate of drug-likeness (QED) is 0.267. The number of carboxylic acid groups (broad SMARTS) is 1. The first kappa shape index (κ1) is 24.9. The van der Waals surface area contributed by atoms with Crippen molar-refractivity contribution in [3.05, 3.63) is 71.8 Å². The van der Waals surface area contributed by atoms with Gasteiger partial charge in [0.25, 0.3) is 0 Å². The molecule has 0 unspecified atom stereocenters. The Morgan fingerprint density at radius 2 is 1.87 bits per heavy atom. The van der Waals surface area contributed by atoms with Crippen LogP contribution in [0.4, 0.5) is 4.39 Å². The summed E-state index contributed by atoms with van der Waals surface area (Å²) in [4.78, 5) is 20.8. The fourth-order valence-electron chi connectivity index (χ4n) is 4.54. The number of para-hydroxylation sites is 1. The summed E-state index contributed by atoms with van der Waals surface area (Å²) in [5.74, 6) is -0.641. The highest BCUT2D eigenvalue weighted by molar-refractivity contribution is 6.01. The van der Waals surface area contributed by atoms with Crippen molar-refractivity contribution in [2.24, 2.45) is 0 Å². The van der Waals surface area contributed by atoms with Gasteiger partial charge in [0, 0.05) is 40.5 Å². The summed E-state index contributed by atoms with van der Waals surface area (Å²) in [6.07, 6.45) is 3.42. The van der Waals surface area contributed by atoms with Crippen LogP contribution in [0.25, 0.3) is 39.0 Å². The lowest BCUT2D eigenvalue weighted by molar-refractivity contribution is 0.0688. The molecule has 0 saturated carbocycles. The van der Waals surface area contributed by atoms with Crippen molar-refractivity contribution in [3.63, 3.8) is 0 Å². The lowest BCUT2D eigenvalue weighted by Gasteiger charge is -2.15. The maximum Gasteiger partial charge on any atom is 0.354 e. The van der Waals surface area contributed by atoms with Crippen molar-refractivity contribution >= 4 is 17.0 Å². The van der Waals surface area contributed by atoms with E-state index in [2.05, 4.69) is 10.1 Å². The molecule has 38 heavy (non-hydrogen) atoms. The van der Waals surface area contributed by atoms with Crippen LogP contribution in [-0.4, -0.2) is 44.0 Å². The normalized spacial score (nSPS) is 11.2. The number of nitrogens with zero attached hydrogens (tertiary/aromatic N) is 4. The van der Waals surface area contributed by atoms with E-state index in [0.29, 0.717) is 39.3 Å². The molecule has 0 saturated heterocycles. The number of hydrogen-bond acceptors (Lipinski definition) is 7. The first-order valence-electron chi connectivity index (χ1n) is 12.1. The maximum absolute atomic E-state index is 15.0. The molecular formula is C28H25FN4O5. The van der Waals surface area contributed by atoms with Crippen molar-refractivity contribution in [2.45, 2.75) is 27.7 Å². The molecule has 0 fully saturated rings. The van der Waals surface area contributed by atoms with Gasteiger partial charge >= 0.3 is 5.97 Å². The van der Waals surface area contributed by atoms with Gasteiger partial charge in [-0.2, -0.15) is 0 Å². The van der Waals surface area contributed by atoms with Gasteiger partial charge in [0.1, 0.15) is 23.0 Å². The first-order valence-corrected chi connectivity index (χ1v) is 12.1. The van der Waals surface area contributed by atoms with Crippen molar-refractivity contribution in [3.8, 4) is 39.6 Å². The number of carbonyl (C=O) groups is 1. The lowest BCUT2D eigenvalue weighted by atomic mass is 10.0. The molecule has 194 valence electrons. The number of fused-ring (bicyclic) bond motifs is 1. The van der Waals surface area contributed by atoms with Crippen LogP contribution in [0.5, 0.6) is 11.6 Å². The summed E-state index contributed by atoms with van der Waals surface area (Å²) < 4.78 is 33.7. The second-order valence-corrected chi connectivity index (χ2v) is 8.52. The number of aromatic nitrogens is 4. The van der Waals surface area contributed by atoms with Gasteiger partial charge in [-0.25, -0.2) is 19.2 Å². The molecule has 4 heterocycles. The largest absolute Gasteiger partial charge is 0.493 e. The van der Waals surface area contributed by atoms with Crippen LogP contribution in [0.1, 0.15) is 35.8 Å². The monoisotopic (exact) mass is 516 g/mol. The molecule has 0 bridgehead atoms. The highest BCUT2D eigenvalue weighted by Crippen LogP contribution is 2.44. The molecule has 5 rings (SSSR count). The third kappa shape index (κ3) is 4.23. The third-order valence-corrected chi connectivity index (χ3v) is 6.10. The molecule has 9 nitrogen and oxygen atoms in total. The summed E-state index contributed by atoms with van der Waals surface area (Å²) in [6.45, 7) is 7.75. The Balaban J connectivity index is 1.88. The molecule has 0 aliphatic heterocycles. The van der Waals surface area contributed by atoms with Crippen LogP contribution >= 0.6 is 0 Å². The Morgan fingerprint density at radius 3 is 2.53 bits per heavy atom. The van der Waals surface area contributed by atoms with E-state index in [1.54, 1.807) is 49.0 Å². The van der Waals surface area contributed by atoms with Crippen LogP contribution in [0, 0.1) is 19.7 Å². The number of aromatic carboxylic acids is 1. The van der Waals surface area contributed by atoms with Gasteiger partial charge < -0.3 is 19.1 Å². The Bertz CT molecular complexity index is 1630. The predicted octanol–water partition coefficient (Wildman–Crippen LogP) is 5.99. The van der Waals surface area contributed by atoms with Gasteiger partial charge in [0.2, 0.25) is 5.88 Å². The summed E-state index contributed by atoms with van der Waals surface area (Å²) in [5.41, 5.74) is 3.85. The number of aryl methyl sites for hydroxylation is 2. The topological polar surface area (TPSA) is 113 Å². The summed E-state index contributed by atoms with van der Waals surface area (Å²) >= 11 is 0. The summed E-state index contributed by atoms with van der Waals surface area (Å²) in [7, 11) is 0. The molecular weight excluding hydrogens is 491 g/mol. The highest BCUT2D eigenvalue weighted by atomic mass is 19.1. The molecule has 5 aromatic rings. The molecule has 0 aliphatic rings. The molecule has 0 radical (unpaired) electrons. The third-order valence-electron chi connectivity index (χ3n) is 6.10. The number of pyridine rings is 2. The van der Waals surface area contributed by atoms with E-state index in [0.717, 1.165) is 11.1 Å². The molecule has 0 atom stereocenters. The molecule has 1 N–H and O–H groups in total. The Labute approximate surface area is 217 Å². The van der Waals surface area contributed by atoms with E-state index in [-0.39, 0.29) is 30.5 Å². The van der Waals surface area contributed by atoms with Crippen LogP contribution in [-0.2, 0) is 0 Å². The van der Waals surface area contributed by atoms with Gasteiger partial charge in [-0.15, -0.1) is 0 Å². The van der Waals surface area contributed by atoms with Crippen molar-refractivity contribution < 1.29 is 28.3 Å². The van der Waals surface area contributed by atoms with Crippen LogP contribution < -0.4 is 9.47 Å². The van der Waals surface area contributed by atoms with Gasteiger partial charge in [-0.3, -0.25) is 4.57 Å². The maximum atomic E-state index is 15.0. The standard InChI is InChI=1S/C28H25FN4O5/c1-5-36-23-12-21(28(34)35)31-27(37-6-2)25(23)19-14-33(22-10-8-7-9-20(22)29)26-18(19)11-17(13-30-26)24-15(3)32-38-16(24)4/h7-14H,5-6H2,1-4H3,(H,34,35). The van der Waals surface area contributed by atoms with E-state index in [1.807, 2.05) is 19.9 Å². The SMILES string of the molecule is CCOc1cc(C(=O)O)nc(OCC)c1-c1cn(-c2ccccc2F)c2ncc(-c3c(C)noc3C)cc12. The molecule has 4 aromatic heterocycles. The van der Waals surface area contributed by atoms with Gasteiger partial charge in [-0.1, -0.05) is 17.3 Å². The smallest absolute Gasteiger partial charge is 0.354 e. The summed E-state index contributed by atoms with van der Waals surface area (Å²) in [6, 6.07) is 9.66. The minimum absolute atomic E-state index is 0.0891. The minimum Gasteiger partial charge on any atom is -0.493 e. The zero-order chi connectivity index (χ0) is 27.0. The molecule has 0 amide bonds. The average molecular weight is 517 g/mol. The molecule has 1 aromatic carbocycles. The number of hydrogen-bond donors (Lipinski definition) is 1. The van der Waals surface area contributed by atoms with E-state index in [9.17, 15) is 14.3 Å². The first-order chi connectivity index (χ1) is 18.3. The van der Waals surface area contributed by atoms with Crippen LogP contribution in [0.2, 0.25) is 0 Å². The second-order valence-electron chi connectivity index (χ2n) is 8.52. The second kappa shape index (κ2) is 9.97. The van der Waals surface area contributed by atoms with Crippen molar-refractivity contribution in [2.75, 3.05) is 13.2 Å². The van der Waals surface area contributed by atoms with E-state index >= 15 is 0 Å². The van der Waals surface area contributed by atoms with E-state index in [4.69, 9.17) is 19.0 Å². The van der Waals surface area contributed by atoms with E-state index < -0.39 is 11.8 Å². The molecule has 0 aliphatic carbocycles. The number of halogens is 1. The fourth-order valence-corrected chi connectivity index (χ4v) is 4.54. The Morgan fingerprint density at radius 1 is 1.11 bits per heavy atom. The predicted molar refractivity (Wildman–Crippen MR) is 139 cm³/mol. The van der Waals surface area contributed by atoms with E-state index in [1.165, 1.54) is 12.1 Å². The molecule has 10 heteroatoms. The van der Waals surface area contributed by atoms with Gasteiger partial charge in [0.05, 0.1) is 30.2 Å².